The van der Waals surface area contributed by atoms with Crippen molar-refractivity contribution in [2.45, 2.75) is 0 Å². The SMILES string of the molecule is c1ccc(-c2cccc(-c3c4ccccc4c(-c4cccc(-c5ccc6c(c5)oc5c7ccccc7c7ccccc7c65)c4)c4ccccc34)c2)cc1. The van der Waals surface area contributed by atoms with Crippen LogP contribution in [0.2, 0.25) is 0 Å². The Labute approximate surface area is 307 Å². The summed E-state index contributed by atoms with van der Waals surface area (Å²) in [5.41, 5.74) is 11.5. The van der Waals surface area contributed by atoms with Gasteiger partial charge < -0.3 is 4.42 Å². The maximum Gasteiger partial charge on any atom is 0.143 e. The Morgan fingerprint density at radius 3 is 1.25 bits per heavy atom. The normalized spacial score (nSPS) is 11.8. The van der Waals surface area contributed by atoms with Crippen molar-refractivity contribution in [1.82, 2.24) is 0 Å². The molecule has 0 bridgehead atoms. The van der Waals surface area contributed by atoms with Crippen molar-refractivity contribution in [3.63, 3.8) is 0 Å². The van der Waals surface area contributed by atoms with E-state index in [-0.39, 0.29) is 0 Å². The van der Waals surface area contributed by atoms with E-state index < -0.39 is 0 Å². The zero-order valence-corrected chi connectivity index (χ0v) is 28.9. The Hall–Kier alpha value is -6.96. The quantitative estimate of drug-likeness (QED) is 0.134. The lowest BCUT2D eigenvalue weighted by atomic mass is 9.85. The largest absolute Gasteiger partial charge is 0.455 e. The molecule has 0 saturated carbocycles. The van der Waals surface area contributed by atoms with Crippen molar-refractivity contribution in [2.24, 2.45) is 0 Å². The lowest BCUT2D eigenvalue weighted by molar-refractivity contribution is 0.673. The molecule has 0 amide bonds. The molecule has 0 spiro atoms. The summed E-state index contributed by atoms with van der Waals surface area (Å²) in [7, 11) is 0. The molecule has 0 fully saturated rings. The van der Waals surface area contributed by atoms with Gasteiger partial charge in [-0.1, -0.05) is 170 Å². The molecular weight excluding hydrogens is 641 g/mol. The minimum absolute atomic E-state index is 0.905. The molecule has 11 rings (SSSR count). The van der Waals surface area contributed by atoms with E-state index >= 15 is 0 Å². The molecule has 1 aromatic heterocycles. The van der Waals surface area contributed by atoms with E-state index in [0.717, 1.165) is 33.1 Å². The minimum Gasteiger partial charge on any atom is -0.455 e. The highest BCUT2D eigenvalue weighted by Gasteiger charge is 2.19. The van der Waals surface area contributed by atoms with E-state index in [1.165, 1.54) is 76.5 Å². The first kappa shape index (κ1) is 29.7. The molecule has 246 valence electrons. The highest BCUT2D eigenvalue weighted by atomic mass is 16.3. The maximum atomic E-state index is 6.76. The van der Waals surface area contributed by atoms with Gasteiger partial charge in [-0.3, -0.25) is 0 Å². The van der Waals surface area contributed by atoms with Crippen LogP contribution in [0.15, 0.2) is 199 Å². The van der Waals surface area contributed by atoms with Crippen molar-refractivity contribution < 1.29 is 4.42 Å². The van der Waals surface area contributed by atoms with Crippen LogP contribution < -0.4 is 0 Å². The molecular formula is C52H32O. The Morgan fingerprint density at radius 1 is 0.245 bits per heavy atom. The summed E-state index contributed by atoms with van der Waals surface area (Å²) in [6.07, 6.45) is 0. The summed E-state index contributed by atoms with van der Waals surface area (Å²) in [4.78, 5) is 0. The summed E-state index contributed by atoms with van der Waals surface area (Å²) in [5.74, 6) is 0. The first-order valence-corrected chi connectivity index (χ1v) is 18.3. The van der Waals surface area contributed by atoms with Crippen LogP contribution in [-0.4, -0.2) is 0 Å². The van der Waals surface area contributed by atoms with Crippen LogP contribution in [0.5, 0.6) is 0 Å². The van der Waals surface area contributed by atoms with E-state index in [2.05, 4.69) is 194 Å². The fourth-order valence-electron chi connectivity index (χ4n) is 8.67. The van der Waals surface area contributed by atoms with Crippen LogP contribution in [0.1, 0.15) is 0 Å². The summed E-state index contributed by atoms with van der Waals surface area (Å²) in [6.45, 7) is 0. The summed E-state index contributed by atoms with van der Waals surface area (Å²) in [6, 6.07) is 70.4. The maximum absolute atomic E-state index is 6.76. The number of hydrogen-bond donors (Lipinski definition) is 0. The second kappa shape index (κ2) is 11.8. The summed E-state index contributed by atoms with van der Waals surface area (Å²) in [5, 5.41) is 12.2. The minimum atomic E-state index is 0.905. The van der Waals surface area contributed by atoms with Crippen molar-refractivity contribution in [2.75, 3.05) is 0 Å². The highest BCUT2D eigenvalue weighted by molar-refractivity contribution is 6.30. The van der Waals surface area contributed by atoms with Crippen molar-refractivity contribution in [3.05, 3.63) is 194 Å². The molecule has 1 nitrogen and oxygen atoms in total. The molecule has 0 radical (unpaired) electrons. The summed E-state index contributed by atoms with van der Waals surface area (Å²) >= 11 is 0. The Kier molecular flexibility index (Phi) is 6.62. The number of furan rings is 1. The molecule has 0 atom stereocenters. The molecule has 0 aliphatic heterocycles. The first-order valence-electron chi connectivity index (χ1n) is 18.3. The second-order valence-corrected chi connectivity index (χ2v) is 14.0. The van der Waals surface area contributed by atoms with Gasteiger partial charge in [-0.2, -0.15) is 0 Å². The van der Waals surface area contributed by atoms with Crippen LogP contribution in [-0.2, 0) is 0 Å². The van der Waals surface area contributed by atoms with Crippen LogP contribution >= 0.6 is 0 Å². The van der Waals surface area contributed by atoms with Crippen molar-refractivity contribution in [3.8, 4) is 44.5 Å². The van der Waals surface area contributed by atoms with Gasteiger partial charge in [0, 0.05) is 16.2 Å². The number of benzene rings is 10. The zero-order valence-electron chi connectivity index (χ0n) is 28.9. The summed E-state index contributed by atoms with van der Waals surface area (Å²) < 4.78 is 6.76. The van der Waals surface area contributed by atoms with E-state index in [1.54, 1.807) is 0 Å². The monoisotopic (exact) mass is 672 g/mol. The average molecular weight is 673 g/mol. The fourth-order valence-corrected chi connectivity index (χ4v) is 8.67. The molecule has 11 aromatic rings. The van der Waals surface area contributed by atoms with E-state index in [4.69, 9.17) is 4.42 Å². The third-order valence-electron chi connectivity index (χ3n) is 11.0. The molecule has 0 unspecified atom stereocenters. The van der Waals surface area contributed by atoms with Gasteiger partial charge in [0.25, 0.3) is 0 Å². The van der Waals surface area contributed by atoms with Gasteiger partial charge in [-0.05, 0) is 106 Å². The molecule has 0 N–H and O–H groups in total. The Bertz CT molecular complexity index is 3160. The van der Waals surface area contributed by atoms with E-state index in [0.29, 0.717) is 0 Å². The lowest BCUT2D eigenvalue weighted by Crippen LogP contribution is -1.91. The van der Waals surface area contributed by atoms with E-state index in [1.807, 2.05) is 0 Å². The van der Waals surface area contributed by atoms with Crippen LogP contribution in [0.4, 0.5) is 0 Å². The van der Waals surface area contributed by atoms with Gasteiger partial charge in [0.05, 0.1) is 0 Å². The lowest BCUT2D eigenvalue weighted by Gasteiger charge is -2.18. The Balaban J connectivity index is 1.10. The molecule has 0 saturated heterocycles. The van der Waals surface area contributed by atoms with Gasteiger partial charge in [-0.25, -0.2) is 0 Å². The number of hydrogen-bond acceptors (Lipinski definition) is 1. The zero-order chi connectivity index (χ0) is 34.9. The molecule has 53 heavy (non-hydrogen) atoms. The molecule has 0 aliphatic rings. The van der Waals surface area contributed by atoms with Crippen molar-refractivity contribution in [1.29, 1.82) is 0 Å². The van der Waals surface area contributed by atoms with Crippen LogP contribution in [0, 0.1) is 0 Å². The number of rotatable bonds is 4. The fraction of sp³-hybridized carbons (Fsp3) is 0. The molecule has 1 heteroatoms. The van der Waals surface area contributed by atoms with E-state index in [9.17, 15) is 0 Å². The standard InChI is InChI=1S/C52H32O/c1-2-14-33(15-3-1)34-16-12-18-37(30-34)49-42-23-7-9-25-44(42)50(45-26-10-8-24-43(45)49)38-19-13-17-35(31-38)36-28-29-47-48(32-36)53-52-46-27-11-5-21-40(46)39-20-4-6-22-41(39)51(47)52/h1-32H. The van der Waals surface area contributed by atoms with Crippen LogP contribution in [0.25, 0.3) is 110 Å². The highest BCUT2D eigenvalue weighted by Crippen LogP contribution is 2.46. The van der Waals surface area contributed by atoms with Gasteiger partial charge in [-0.15, -0.1) is 0 Å². The topological polar surface area (TPSA) is 13.1 Å². The van der Waals surface area contributed by atoms with Gasteiger partial charge in [0.15, 0.2) is 0 Å². The van der Waals surface area contributed by atoms with Gasteiger partial charge >= 0.3 is 0 Å². The predicted octanol–water partition coefficient (Wildman–Crippen LogP) is 14.9. The molecule has 0 aliphatic carbocycles. The predicted molar refractivity (Wildman–Crippen MR) is 225 cm³/mol. The first-order chi connectivity index (χ1) is 26.3. The van der Waals surface area contributed by atoms with Gasteiger partial charge in [0.1, 0.15) is 11.2 Å². The second-order valence-electron chi connectivity index (χ2n) is 14.0. The third kappa shape index (κ3) is 4.64. The van der Waals surface area contributed by atoms with Crippen molar-refractivity contribution >= 4 is 65.0 Å². The molecule has 10 aromatic carbocycles. The number of fused-ring (bicyclic) bond motifs is 10. The smallest absolute Gasteiger partial charge is 0.143 e. The average Bonchev–Trinajstić information content (AvgIpc) is 3.63. The third-order valence-corrected chi connectivity index (χ3v) is 11.0. The van der Waals surface area contributed by atoms with Gasteiger partial charge in [0.2, 0.25) is 0 Å². The molecule has 1 heterocycles. The van der Waals surface area contributed by atoms with Crippen LogP contribution in [0.3, 0.4) is 0 Å². The Morgan fingerprint density at radius 2 is 0.660 bits per heavy atom.